The number of amides is 1. The van der Waals surface area contributed by atoms with Crippen LogP contribution < -0.4 is 9.62 Å². The quantitative estimate of drug-likeness (QED) is 0.0532. The highest BCUT2D eigenvalue weighted by atomic mass is 35.5. The van der Waals surface area contributed by atoms with Crippen molar-refractivity contribution in [2.45, 2.75) is 29.2 Å². The summed E-state index contributed by atoms with van der Waals surface area (Å²) in [7, 11) is -0.906. The average Bonchev–Trinajstić information content (AvgIpc) is 3.22. The van der Waals surface area contributed by atoms with Gasteiger partial charge in [-0.05, 0) is 111 Å². The number of hydrogen-bond donors (Lipinski definition) is 2. The van der Waals surface area contributed by atoms with Gasteiger partial charge in [0.15, 0.2) is 0 Å². The molecule has 0 aromatic heterocycles. The van der Waals surface area contributed by atoms with Gasteiger partial charge in [-0.2, -0.15) is 0 Å². The van der Waals surface area contributed by atoms with Crippen molar-refractivity contribution < 1.29 is 28.0 Å². The van der Waals surface area contributed by atoms with Gasteiger partial charge in [-0.3, -0.25) is 19.8 Å². The Morgan fingerprint density at radius 2 is 1.58 bits per heavy atom. The second-order valence-corrected chi connectivity index (χ2v) is 17.9. The first-order chi connectivity index (χ1) is 28.3. The van der Waals surface area contributed by atoms with Crippen molar-refractivity contribution in [3.05, 3.63) is 153 Å². The summed E-state index contributed by atoms with van der Waals surface area (Å²) in [6.07, 6.45) is 0.660. The Kier molecular flexibility index (Phi) is 14.4. The maximum atomic E-state index is 13.6. The zero-order valence-corrected chi connectivity index (χ0v) is 35.2. The summed E-state index contributed by atoms with van der Waals surface area (Å²) >= 11 is 7.68. The summed E-state index contributed by atoms with van der Waals surface area (Å²) in [6.45, 7) is 4.54. The number of nitrogens with one attached hydrogen (secondary N) is 1. The number of halogens is 1. The first kappa shape index (κ1) is 43.3. The normalized spacial score (nSPS) is 13.9. The summed E-state index contributed by atoms with van der Waals surface area (Å²) in [4.78, 5) is 44.3. The molecular weight excluding hydrogens is 810 g/mol. The van der Waals surface area contributed by atoms with Gasteiger partial charge < -0.3 is 14.9 Å². The Labute approximate surface area is 354 Å². The molecule has 6 rings (SSSR count). The zero-order chi connectivity index (χ0) is 42.1. The third kappa shape index (κ3) is 11.5. The van der Waals surface area contributed by atoms with Crippen LogP contribution in [0.4, 0.5) is 11.4 Å². The van der Waals surface area contributed by atoms with E-state index < -0.39 is 43.0 Å². The van der Waals surface area contributed by atoms with E-state index in [0.29, 0.717) is 23.7 Å². The number of carbonyl (C=O) groups is 2. The van der Waals surface area contributed by atoms with Crippen LogP contribution in [0, 0.1) is 16.0 Å². The molecule has 1 heterocycles. The van der Waals surface area contributed by atoms with Crippen LogP contribution in [0.3, 0.4) is 0 Å². The number of hydrogen-bond acceptors (Lipinski definition) is 10. The van der Waals surface area contributed by atoms with Crippen LogP contribution in [0.1, 0.15) is 38.3 Å². The Hall–Kier alpha value is -5.25. The van der Waals surface area contributed by atoms with Crippen LogP contribution in [-0.2, 0) is 23.0 Å². The van der Waals surface area contributed by atoms with Gasteiger partial charge in [-0.1, -0.05) is 66.2 Å². The van der Waals surface area contributed by atoms with Crippen LogP contribution in [0.25, 0.3) is 11.1 Å². The van der Waals surface area contributed by atoms with E-state index in [0.717, 1.165) is 66.6 Å². The number of piperazine rings is 1. The molecule has 0 spiro atoms. The summed E-state index contributed by atoms with van der Waals surface area (Å²) in [5, 5.41) is 23.3. The van der Waals surface area contributed by atoms with E-state index in [4.69, 9.17) is 11.6 Å². The number of sulfonamides is 1. The highest BCUT2D eigenvalue weighted by molar-refractivity contribution is 7.99. The van der Waals surface area contributed by atoms with Crippen molar-refractivity contribution in [1.82, 2.24) is 14.5 Å². The lowest BCUT2D eigenvalue weighted by Gasteiger charge is -2.36. The summed E-state index contributed by atoms with van der Waals surface area (Å²) < 4.78 is 29.1. The van der Waals surface area contributed by atoms with Crippen molar-refractivity contribution in [1.29, 1.82) is 0 Å². The number of thioether (sulfide) groups is 1. The summed E-state index contributed by atoms with van der Waals surface area (Å²) in [5.74, 6) is -2.07. The molecule has 1 saturated heterocycles. The standard InChI is InChI=1S/C44H46ClN5O7S2/c1-47(2)21-20-31(30-58-37-9-4-3-5-10-37)26-40-41(44(52)53)27-38(28-42(40)50(54)55)59(56,57)46-43(51)33-14-18-36(19-15-33)49-24-22-48(23-25-49)29-34-8-6-7-11-39(34)32-12-16-35(45)17-13-32/h3-19,27-28,31H,20-26,29-30H2,1-2H3,(H,46,51)(H,52,53)/t31-/m0/s1. The Morgan fingerprint density at radius 1 is 0.915 bits per heavy atom. The Balaban J connectivity index is 1.12. The van der Waals surface area contributed by atoms with E-state index in [2.05, 4.69) is 21.9 Å². The molecule has 12 nitrogen and oxygen atoms in total. The smallest absolute Gasteiger partial charge is 0.336 e. The highest BCUT2D eigenvalue weighted by Crippen LogP contribution is 2.33. The van der Waals surface area contributed by atoms with E-state index in [-0.39, 0.29) is 23.5 Å². The SMILES string of the molecule is CN(C)CC[C@H](CSc1ccccc1)Cc1c(C(=O)O)cc(S(=O)(=O)NC(=O)c2ccc(N3CCN(Cc4ccccc4-c4ccc(Cl)cc4)CC3)cc2)cc1[N+](=O)[O-]. The largest absolute Gasteiger partial charge is 0.478 e. The van der Waals surface area contributed by atoms with Gasteiger partial charge in [0.2, 0.25) is 0 Å². The molecule has 59 heavy (non-hydrogen) atoms. The molecule has 1 amide bonds. The molecular formula is C44H46ClN5O7S2. The highest BCUT2D eigenvalue weighted by Gasteiger charge is 2.31. The monoisotopic (exact) mass is 855 g/mol. The lowest BCUT2D eigenvalue weighted by atomic mass is 9.93. The van der Waals surface area contributed by atoms with Gasteiger partial charge in [0.1, 0.15) is 0 Å². The van der Waals surface area contributed by atoms with Gasteiger partial charge in [-0.25, -0.2) is 17.9 Å². The van der Waals surface area contributed by atoms with Crippen LogP contribution in [0.2, 0.25) is 5.02 Å². The maximum Gasteiger partial charge on any atom is 0.336 e. The minimum atomic E-state index is -4.72. The van der Waals surface area contributed by atoms with Crippen LogP contribution in [0.15, 0.2) is 125 Å². The number of benzene rings is 5. The topological polar surface area (TPSA) is 153 Å². The van der Waals surface area contributed by atoms with Gasteiger partial charge >= 0.3 is 5.97 Å². The molecule has 5 aromatic carbocycles. The van der Waals surface area contributed by atoms with Crippen molar-refractivity contribution >= 4 is 56.6 Å². The number of rotatable bonds is 17. The van der Waals surface area contributed by atoms with E-state index in [1.54, 1.807) is 23.9 Å². The van der Waals surface area contributed by atoms with Crippen LogP contribution >= 0.6 is 23.4 Å². The number of nitro benzene ring substituents is 1. The van der Waals surface area contributed by atoms with Crippen molar-refractivity contribution in [2.24, 2.45) is 5.92 Å². The molecule has 0 aliphatic carbocycles. The third-order valence-corrected chi connectivity index (χ3v) is 13.1. The molecule has 1 atom stereocenters. The molecule has 308 valence electrons. The lowest BCUT2D eigenvalue weighted by molar-refractivity contribution is -0.385. The molecule has 5 aromatic rings. The van der Waals surface area contributed by atoms with Crippen molar-refractivity contribution in [2.75, 3.05) is 57.5 Å². The number of nitrogens with zero attached hydrogens (tertiary/aromatic N) is 4. The summed E-state index contributed by atoms with van der Waals surface area (Å²) in [6, 6.07) is 34.0. The molecule has 0 saturated carbocycles. The third-order valence-electron chi connectivity index (χ3n) is 10.3. The average molecular weight is 856 g/mol. The molecule has 2 N–H and O–H groups in total. The molecule has 1 aliphatic rings. The number of nitro groups is 1. The number of aromatic carboxylic acids is 1. The number of carbonyl (C=O) groups excluding carboxylic acids is 1. The van der Waals surface area contributed by atoms with E-state index in [1.807, 2.05) is 90.4 Å². The molecule has 1 aliphatic heterocycles. The predicted octanol–water partition coefficient (Wildman–Crippen LogP) is 7.96. The second-order valence-electron chi connectivity index (χ2n) is 14.7. The van der Waals surface area contributed by atoms with E-state index >= 15 is 0 Å². The minimum Gasteiger partial charge on any atom is -0.478 e. The zero-order valence-electron chi connectivity index (χ0n) is 32.8. The van der Waals surface area contributed by atoms with Gasteiger partial charge in [-0.15, -0.1) is 11.8 Å². The Morgan fingerprint density at radius 3 is 2.22 bits per heavy atom. The van der Waals surface area contributed by atoms with E-state index in [1.165, 1.54) is 17.7 Å². The van der Waals surface area contributed by atoms with Crippen LogP contribution in [0.5, 0.6) is 0 Å². The van der Waals surface area contributed by atoms with Gasteiger partial charge in [0.05, 0.1) is 15.4 Å². The fraction of sp³-hybridized carbons (Fsp3) is 0.273. The molecule has 15 heteroatoms. The number of carboxylic acid groups (broad SMARTS) is 1. The molecule has 0 unspecified atom stereocenters. The Bertz CT molecular complexity index is 2340. The second kappa shape index (κ2) is 19.7. The van der Waals surface area contributed by atoms with Crippen molar-refractivity contribution in [3.63, 3.8) is 0 Å². The first-order valence-electron chi connectivity index (χ1n) is 19.1. The van der Waals surface area contributed by atoms with Crippen molar-refractivity contribution in [3.8, 4) is 11.1 Å². The fourth-order valence-corrected chi connectivity index (χ4v) is 9.30. The molecule has 0 bridgehead atoms. The minimum absolute atomic E-state index is 0.0397. The molecule has 1 fully saturated rings. The lowest BCUT2D eigenvalue weighted by Crippen LogP contribution is -2.46. The summed E-state index contributed by atoms with van der Waals surface area (Å²) in [5.41, 5.74) is 3.21. The number of anilines is 1. The van der Waals surface area contributed by atoms with Gasteiger partial charge in [0.25, 0.3) is 21.6 Å². The maximum absolute atomic E-state index is 13.6. The number of carboxylic acids is 1. The fourth-order valence-electron chi connectivity index (χ4n) is 7.10. The molecule has 0 radical (unpaired) electrons. The first-order valence-corrected chi connectivity index (χ1v) is 22.0. The van der Waals surface area contributed by atoms with Crippen LogP contribution in [-0.4, -0.2) is 92.7 Å². The van der Waals surface area contributed by atoms with Gasteiger partial charge in [0, 0.05) is 71.3 Å². The predicted molar refractivity (Wildman–Crippen MR) is 233 cm³/mol. The van der Waals surface area contributed by atoms with E-state index in [9.17, 15) is 33.2 Å².